The fraction of sp³-hybridized carbons (Fsp3) is 0.312. The van der Waals surface area contributed by atoms with Crippen LogP contribution in [-0.2, 0) is 12.8 Å². The van der Waals surface area contributed by atoms with Gasteiger partial charge in [-0.05, 0) is 44.2 Å². The fourth-order valence-electron chi connectivity index (χ4n) is 3.08. The van der Waals surface area contributed by atoms with Gasteiger partial charge in [-0.25, -0.2) is 9.50 Å². The molecule has 3 N–H and O–H groups in total. The third-order valence-electron chi connectivity index (χ3n) is 4.28. The van der Waals surface area contributed by atoms with Gasteiger partial charge in [0.05, 0.1) is 5.56 Å². The molecule has 0 fully saturated rings. The van der Waals surface area contributed by atoms with Gasteiger partial charge in [-0.2, -0.15) is 4.98 Å². The average molecular weight is 356 g/mol. The monoisotopic (exact) mass is 356 g/mol. The molecule has 1 aliphatic rings. The van der Waals surface area contributed by atoms with Crippen molar-refractivity contribution in [2.75, 3.05) is 5.32 Å². The highest BCUT2D eigenvalue weighted by Crippen LogP contribution is 2.38. The van der Waals surface area contributed by atoms with Crippen molar-refractivity contribution in [2.24, 2.45) is 5.73 Å². The van der Waals surface area contributed by atoms with E-state index in [0.717, 1.165) is 41.8 Å². The van der Waals surface area contributed by atoms with E-state index in [1.807, 2.05) is 6.92 Å². The van der Waals surface area contributed by atoms with E-state index in [4.69, 9.17) is 5.73 Å². The Kier molecular flexibility index (Phi) is 3.72. The molecule has 0 atom stereocenters. The molecule has 0 aromatic carbocycles. The number of aromatic nitrogens is 4. The molecule has 3 aromatic rings. The van der Waals surface area contributed by atoms with Gasteiger partial charge in [0.15, 0.2) is 0 Å². The van der Waals surface area contributed by atoms with E-state index in [1.165, 1.54) is 15.9 Å². The topological polar surface area (TPSA) is 115 Å². The number of hydrogen-bond acceptors (Lipinski definition) is 6. The van der Waals surface area contributed by atoms with Gasteiger partial charge >= 0.3 is 0 Å². The summed E-state index contributed by atoms with van der Waals surface area (Å²) in [6.45, 7) is 1.85. The van der Waals surface area contributed by atoms with E-state index in [2.05, 4.69) is 20.4 Å². The molecule has 128 valence electrons. The summed E-state index contributed by atoms with van der Waals surface area (Å²) in [5.41, 5.74) is 7.76. The van der Waals surface area contributed by atoms with Crippen LogP contribution < -0.4 is 11.1 Å². The Morgan fingerprint density at radius 3 is 2.88 bits per heavy atom. The minimum atomic E-state index is -0.518. The Morgan fingerprint density at radius 1 is 1.32 bits per heavy atom. The van der Waals surface area contributed by atoms with E-state index in [1.54, 1.807) is 12.3 Å². The number of nitrogens with one attached hydrogen (secondary N) is 1. The Hall–Kier alpha value is -2.81. The average Bonchev–Trinajstić information content (AvgIpc) is 3.16. The first-order valence-corrected chi connectivity index (χ1v) is 8.80. The Bertz CT molecular complexity index is 1010. The number of amides is 2. The van der Waals surface area contributed by atoms with E-state index in [-0.39, 0.29) is 5.82 Å². The Morgan fingerprint density at radius 2 is 2.12 bits per heavy atom. The lowest BCUT2D eigenvalue weighted by atomic mass is 9.95. The van der Waals surface area contributed by atoms with Crippen molar-refractivity contribution in [3.05, 3.63) is 39.8 Å². The summed E-state index contributed by atoms with van der Waals surface area (Å²) >= 11 is 1.41. The molecular weight excluding hydrogens is 340 g/mol. The second-order valence-electron chi connectivity index (χ2n) is 5.97. The predicted octanol–water partition coefficient (Wildman–Crippen LogP) is 1.72. The molecule has 0 unspecified atom stereocenters. The first kappa shape index (κ1) is 15.7. The second kappa shape index (κ2) is 5.92. The zero-order valence-electron chi connectivity index (χ0n) is 13.6. The van der Waals surface area contributed by atoms with Crippen LogP contribution in [0.2, 0.25) is 0 Å². The highest BCUT2D eigenvalue weighted by molar-refractivity contribution is 7.17. The fourth-order valence-corrected chi connectivity index (χ4v) is 4.37. The summed E-state index contributed by atoms with van der Waals surface area (Å²) < 4.78 is 1.50. The third kappa shape index (κ3) is 2.66. The van der Waals surface area contributed by atoms with Gasteiger partial charge in [-0.15, -0.1) is 16.4 Å². The quantitative estimate of drug-likeness (QED) is 0.741. The zero-order valence-corrected chi connectivity index (χ0v) is 14.4. The first-order valence-electron chi connectivity index (χ1n) is 7.98. The number of hydrogen-bond donors (Lipinski definition) is 2. The van der Waals surface area contributed by atoms with Crippen LogP contribution in [-0.4, -0.2) is 31.4 Å². The Labute approximate surface area is 147 Å². The van der Waals surface area contributed by atoms with Crippen molar-refractivity contribution in [3.8, 4) is 0 Å². The molecule has 3 aromatic heterocycles. The van der Waals surface area contributed by atoms with E-state index >= 15 is 0 Å². The van der Waals surface area contributed by atoms with Gasteiger partial charge in [0, 0.05) is 16.8 Å². The van der Waals surface area contributed by atoms with E-state index < -0.39 is 11.8 Å². The van der Waals surface area contributed by atoms with Crippen molar-refractivity contribution < 1.29 is 9.59 Å². The van der Waals surface area contributed by atoms with E-state index in [9.17, 15) is 9.59 Å². The van der Waals surface area contributed by atoms with Crippen molar-refractivity contribution >= 4 is 33.9 Å². The van der Waals surface area contributed by atoms with Gasteiger partial charge in [0.1, 0.15) is 5.00 Å². The number of thiophene rings is 1. The van der Waals surface area contributed by atoms with Crippen LogP contribution in [0.5, 0.6) is 0 Å². The van der Waals surface area contributed by atoms with Crippen LogP contribution in [0.4, 0.5) is 5.00 Å². The summed E-state index contributed by atoms with van der Waals surface area (Å²) in [7, 11) is 0. The van der Waals surface area contributed by atoms with Crippen molar-refractivity contribution in [1.82, 2.24) is 19.6 Å². The van der Waals surface area contributed by atoms with Crippen molar-refractivity contribution in [2.45, 2.75) is 32.6 Å². The van der Waals surface area contributed by atoms with E-state index in [0.29, 0.717) is 16.3 Å². The predicted molar refractivity (Wildman–Crippen MR) is 93.0 cm³/mol. The molecule has 0 spiro atoms. The van der Waals surface area contributed by atoms with Crippen LogP contribution in [0, 0.1) is 6.92 Å². The number of carbonyl (C=O) groups excluding carboxylic acids is 2. The summed E-state index contributed by atoms with van der Waals surface area (Å²) in [5.74, 6) is -0.643. The lowest BCUT2D eigenvalue weighted by molar-refractivity contribution is 0.100. The standard InChI is InChI=1S/C16H16N6O2S/c1-8-6-7-18-16-19-13(21-22(8)16)14(24)20-15-11(12(17)23)9-4-2-3-5-10(9)25-15/h6-7H,2-5H2,1H3,(H2,17,23)(H,20,24). The number of primary amides is 1. The molecule has 2 amide bonds. The molecule has 0 aliphatic heterocycles. The van der Waals surface area contributed by atoms with Crippen LogP contribution in [0.15, 0.2) is 12.3 Å². The maximum Gasteiger partial charge on any atom is 0.296 e. The number of rotatable bonds is 3. The minimum absolute atomic E-state index is 0.00333. The van der Waals surface area contributed by atoms with Crippen molar-refractivity contribution in [3.63, 3.8) is 0 Å². The van der Waals surface area contributed by atoms with Gasteiger partial charge < -0.3 is 11.1 Å². The number of nitrogens with two attached hydrogens (primary N) is 1. The maximum atomic E-state index is 12.6. The summed E-state index contributed by atoms with van der Waals surface area (Å²) in [6.07, 6.45) is 5.44. The lowest BCUT2D eigenvalue weighted by Crippen LogP contribution is -2.19. The SMILES string of the molecule is Cc1ccnc2nc(C(=O)Nc3sc4c(c3C(N)=O)CCCC4)nn12. The molecule has 3 heterocycles. The Balaban J connectivity index is 1.69. The second-order valence-corrected chi connectivity index (χ2v) is 7.07. The normalized spacial score (nSPS) is 13.6. The van der Waals surface area contributed by atoms with Gasteiger partial charge in [0.2, 0.25) is 5.82 Å². The largest absolute Gasteiger partial charge is 0.365 e. The van der Waals surface area contributed by atoms with Crippen LogP contribution in [0.3, 0.4) is 0 Å². The van der Waals surface area contributed by atoms with Crippen LogP contribution in [0.1, 0.15) is 50.0 Å². The number of aryl methyl sites for hydroxylation is 2. The van der Waals surface area contributed by atoms with Crippen LogP contribution >= 0.6 is 11.3 Å². The molecule has 0 radical (unpaired) electrons. The maximum absolute atomic E-state index is 12.6. The third-order valence-corrected chi connectivity index (χ3v) is 5.48. The number of fused-ring (bicyclic) bond motifs is 2. The van der Waals surface area contributed by atoms with Crippen LogP contribution in [0.25, 0.3) is 5.78 Å². The molecule has 0 bridgehead atoms. The molecular formula is C16H16N6O2S. The summed E-state index contributed by atoms with van der Waals surface area (Å²) in [6, 6.07) is 1.78. The first-order chi connectivity index (χ1) is 12.0. The molecule has 25 heavy (non-hydrogen) atoms. The van der Waals surface area contributed by atoms with Gasteiger partial charge in [0.25, 0.3) is 17.6 Å². The number of nitrogens with zero attached hydrogens (tertiary/aromatic N) is 4. The molecule has 9 heteroatoms. The summed E-state index contributed by atoms with van der Waals surface area (Å²) in [5, 5.41) is 7.42. The lowest BCUT2D eigenvalue weighted by Gasteiger charge is -2.11. The zero-order chi connectivity index (χ0) is 17.6. The number of carbonyl (C=O) groups is 2. The molecule has 4 rings (SSSR count). The highest BCUT2D eigenvalue weighted by Gasteiger charge is 2.26. The molecule has 0 saturated carbocycles. The number of anilines is 1. The summed E-state index contributed by atoms with van der Waals surface area (Å²) in [4.78, 5) is 33.8. The van der Waals surface area contributed by atoms with Gasteiger partial charge in [-0.1, -0.05) is 0 Å². The highest BCUT2D eigenvalue weighted by atomic mass is 32.1. The smallest absolute Gasteiger partial charge is 0.296 e. The molecule has 0 saturated heterocycles. The van der Waals surface area contributed by atoms with Gasteiger partial charge in [-0.3, -0.25) is 9.59 Å². The molecule has 1 aliphatic carbocycles. The molecule has 8 nitrogen and oxygen atoms in total. The minimum Gasteiger partial charge on any atom is -0.365 e. The van der Waals surface area contributed by atoms with Crippen molar-refractivity contribution in [1.29, 1.82) is 0 Å².